The van der Waals surface area contributed by atoms with E-state index in [-0.39, 0.29) is 27.6 Å². The molecule has 0 spiro atoms. The number of hydrogen-bond acceptors (Lipinski definition) is 4. The molecule has 0 aromatic heterocycles. The Bertz CT molecular complexity index is 866. The summed E-state index contributed by atoms with van der Waals surface area (Å²) in [4.78, 5) is 23.9. The van der Waals surface area contributed by atoms with Gasteiger partial charge in [0.05, 0.1) is 15.5 Å². The molecule has 0 radical (unpaired) electrons. The van der Waals surface area contributed by atoms with Gasteiger partial charge in [0.1, 0.15) is 5.82 Å². The van der Waals surface area contributed by atoms with Crippen molar-refractivity contribution in [1.82, 2.24) is 0 Å². The number of halogens is 2. The molecule has 0 saturated carbocycles. The third-order valence-electron chi connectivity index (χ3n) is 3.43. The van der Waals surface area contributed by atoms with Gasteiger partial charge in [0, 0.05) is 27.9 Å². The molecule has 4 nitrogen and oxygen atoms in total. The monoisotopic (exact) mass is 349 g/mol. The van der Waals surface area contributed by atoms with Crippen LogP contribution in [0.15, 0.2) is 52.9 Å². The van der Waals surface area contributed by atoms with Gasteiger partial charge in [-0.15, -0.1) is 11.8 Å². The highest BCUT2D eigenvalue weighted by atomic mass is 35.5. The van der Waals surface area contributed by atoms with Crippen LogP contribution >= 0.6 is 23.4 Å². The second-order valence-corrected chi connectivity index (χ2v) is 6.22. The number of carbonyl (C=O) groups is 1. The number of nitro groups is 1. The van der Waals surface area contributed by atoms with Crippen molar-refractivity contribution in [3.63, 3.8) is 0 Å². The lowest BCUT2D eigenvalue weighted by Gasteiger charge is -2.18. The zero-order chi connectivity index (χ0) is 16.6. The first-order valence-corrected chi connectivity index (χ1v) is 7.95. The van der Waals surface area contributed by atoms with Crippen LogP contribution in [0.3, 0.4) is 0 Å². The Morgan fingerprint density at radius 2 is 2.00 bits per heavy atom. The van der Waals surface area contributed by atoms with Gasteiger partial charge in [-0.05, 0) is 24.3 Å². The summed E-state index contributed by atoms with van der Waals surface area (Å²) in [7, 11) is 0. The molecule has 1 aliphatic heterocycles. The van der Waals surface area contributed by atoms with E-state index in [0.29, 0.717) is 5.56 Å². The van der Waals surface area contributed by atoms with Crippen molar-refractivity contribution in [3.8, 4) is 0 Å². The minimum Gasteiger partial charge on any atom is -0.289 e. The summed E-state index contributed by atoms with van der Waals surface area (Å²) in [5.41, 5.74) is 0.379. The average molecular weight is 350 g/mol. The van der Waals surface area contributed by atoms with E-state index < -0.39 is 16.5 Å². The number of carbonyl (C=O) groups excluding carboxylic acids is 1. The van der Waals surface area contributed by atoms with E-state index in [0.717, 1.165) is 4.90 Å². The lowest BCUT2D eigenvalue weighted by molar-refractivity contribution is -0.385. The van der Waals surface area contributed by atoms with Crippen molar-refractivity contribution < 1.29 is 14.1 Å². The molecule has 0 atom stereocenters. The number of Topliss-reactive ketones (excluding diaryl/α,β-unsaturated/α-hetero) is 1. The lowest BCUT2D eigenvalue weighted by Crippen LogP contribution is -2.12. The molecular weight excluding hydrogens is 341 g/mol. The smallest absolute Gasteiger partial charge is 0.280 e. The Kier molecular flexibility index (Phi) is 4.19. The molecule has 0 unspecified atom stereocenters. The molecule has 2 aromatic carbocycles. The number of nitrogens with zero attached hydrogens (tertiary/aromatic N) is 1. The second kappa shape index (κ2) is 6.14. The summed E-state index contributed by atoms with van der Waals surface area (Å²) in [5, 5.41) is 11.2. The molecule has 0 N–H and O–H groups in total. The molecular formula is C16H9ClFNO3S. The maximum Gasteiger partial charge on any atom is 0.280 e. The number of ketones is 1. The van der Waals surface area contributed by atoms with E-state index in [9.17, 15) is 19.3 Å². The Morgan fingerprint density at radius 3 is 2.74 bits per heavy atom. The Hall–Kier alpha value is -2.18. The third kappa shape index (κ3) is 2.87. The van der Waals surface area contributed by atoms with Gasteiger partial charge < -0.3 is 0 Å². The third-order valence-corrected chi connectivity index (χ3v) is 4.97. The second-order valence-electron chi connectivity index (χ2n) is 4.83. The fourth-order valence-corrected chi connectivity index (χ4v) is 3.83. The summed E-state index contributed by atoms with van der Waals surface area (Å²) in [6, 6.07) is 9.89. The number of para-hydroxylation sites is 1. The predicted octanol–water partition coefficient (Wildman–Crippen LogP) is 4.67. The number of nitro benzene ring substituents is 1. The molecule has 2 aromatic rings. The van der Waals surface area contributed by atoms with Crippen LogP contribution in [-0.4, -0.2) is 16.5 Å². The van der Waals surface area contributed by atoms with E-state index in [4.69, 9.17) is 11.6 Å². The van der Waals surface area contributed by atoms with E-state index >= 15 is 0 Å². The number of benzene rings is 2. The molecule has 1 aliphatic rings. The molecule has 0 saturated heterocycles. The highest BCUT2D eigenvalue weighted by Gasteiger charge is 2.28. The van der Waals surface area contributed by atoms with Crippen molar-refractivity contribution in [3.05, 3.63) is 75.1 Å². The maximum absolute atomic E-state index is 13.4. The largest absolute Gasteiger partial charge is 0.289 e. The molecule has 7 heteroatoms. The lowest BCUT2D eigenvalue weighted by atomic mass is 10.00. The van der Waals surface area contributed by atoms with Gasteiger partial charge in [-0.25, -0.2) is 4.39 Å². The van der Waals surface area contributed by atoms with Gasteiger partial charge in [0.2, 0.25) is 0 Å². The van der Waals surface area contributed by atoms with E-state index in [2.05, 4.69) is 0 Å². The van der Waals surface area contributed by atoms with E-state index in [1.165, 1.54) is 42.1 Å². The van der Waals surface area contributed by atoms with Crippen molar-refractivity contribution >= 4 is 39.9 Å². The van der Waals surface area contributed by atoms with Crippen LogP contribution in [0.2, 0.25) is 0 Å². The zero-order valence-electron chi connectivity index (χ0n) is 11.6. The average Bonchev–Trinajstić information content (AvgIpc) is 2.55. The summed E-state index contributed by atoms with van der Waals surface area (Å²) in [6.07, 6.45) is 0. The van der Waals surface area contributed by atoms with Crippen LogP contribution < -0.4 is 0 Å². The van der Waals surface area contributed by atoms with Gasteiger partial charge in [0.25, 0.3) is 5.69 Å². The molecule has 3 rings (SSSR count). The first-order valence-electron chi connectivity index (χ1n) is 6.58. The first kappa shape index (κ1) is 15.7. The Morgan fingerprint density at radius 1 is 1.26 bits per heavy atom. The number of hydrogen-bond donors (Lipinski definition) is 0. The Balaban J connectivity index is 2.10. The zero-order valence-corrected chi connectivity index (χ0v) is 13.2. The van der Waals surface area contributed by atoms with Crippen molar-refractivity contribution in [2.24, 2.45) is 0 Å². The van der Waals surface area contributed by atoms with Crippen LogP contribution in [0.1, 0.15) is 15.9 Å². The maximum atomic E-state index is 13.4. The van der Waals surface area contributed by atoms with E-state index in [1.54, 1.807) is 12.1 Å². The van der Waals surface area contributed by atoms with E-state index in [1.807, 2.05) is 0 Å². The van der Waals surface area contributed by atoms with Crippen LogP contribution in [0.5, 0.6) is 0 Å². The van der Waals surface area contributed by atoms with Crippen molar-refractivity contribution in [2.75, 3.05) is 5.75 Å². The highest BCUT2D eigenvalue weighted by molar-refractivity contribution is 7.99. The van der Waals surface area contributed by atoms with Gasteiger partial charge in [-0.1, -0.05) is 23.7 Å². The van der Waals surface area contributed by atoms with Crippen molar-refractivity contribution in [1.29, 1.82) is 0 Å². The summed E-state index contributed by atoms with van der Waals surface area (Å²) < 4.78 is 13.4. The predicted molar refractivity (Wildman–Crippen MR) is 87.3 cm³/mol. The van der Waals surface area contributed by atoms with Crippen LogP contribution in [0.25, 0.3) is 5.03 Å². The molecule has 0 bridgehead atoms. The molecule has 23 heavy (non-hydrogen) atoms. The van der Waals surface area contributed by atoms with Gasteiger partial charge in [-0.2, -0.15) is 0 Å². The first-order chi connectivity index (χ1) is 11.0. The number of rotatable bonds is 3. The van der Waals surface area contributed by atoms with Gasteiger partial charge in [-0.3, -0.25) is 14.9 Å². The molecule has 0 amide bonds. The van der Waals surface area contributed by atoms with Crippen molar-refractivity contribution in [2.45, 2.75) is 4.90 Å². The fraction of sp³-hybridized carbons (Fsp3) is 0.0625. The number of fused-ring (bicyclic) bond motifs is 1. The van der Waals surface area contributed by atoms with Crippen LogP contribution in [0, 0.1) is 15.9 Å². The minimum atomic E-state index is -0.606. The summed E-state index contributed by atoms with van der Waals surface area (Å²) in [6.45, 7) is 0. The minimum absolute atomic E-state index is 0.0221. The van der Waals surface area contributed by atoms with Gasteiger partial charge >= 0.3 is 0 Å². The molecule has 1 heterocycles. The molecule has 116 valence electrons. The molecule has 0 fully saturated rings. The highest BCUT2D eigenvalue weighted by Crippen LogP contribution is 2.41. The normalized spacial score (nSPS) is 13.7. The standard InChI is InChI=1S/C16H9ClFNO3S/c17-15-11-7-9(18)5-6-14(11)23-8-12(15)16(20)10-3-1-2-4-13(10)19(21)22/h1-7H,8H2. The topological polar surface area (TPSA) is 60.2 Å². The SMILES string of the molecule is O=C(C1=C(Cl)c2cc(F)ccc2SC1)c1ccccc1[N+](=O)[O-]. The quantitative estimate of drug-likeness (QED) is 0.459. The fourth-order valence-electron chi connectivity index (χ4n) is 2.33. The number of thioether (sulfide) groups is 1. The Labute approximate surface area is 140 Å². The summed E-state index contributed by atoms with van der Waals surface area (Å²) >= 11 is 7.62. The van der Waals surface area contributed by atoms with Crippen LogP contribution in [-0.2, 0) is 0 Å². The molecule has 0 aliphatic carbocycles. The summed E-state index contributed by atoms with van der Waals surface area (Å²) in [5.74, 6) is -0.686. The van der Waals surface area contributed by atoms with Gasteiger partial charge in [0.15, 0.2) is 5.78 Å². The van der Waals surface area contributed by atoms with Crippen LogP contribution in [0.4, 0.5) is 10.1 Å².